The number of morpholine rings is 1. The van der Waals surface area contributed by atoms with Crippen molar-refractivity contribution < 1.29 is 41.7 Å². The molecule has 1 aliphatic carbocycles. The Labute approximate surface area is 268 Å². The maximum Gasteiger partial charge on any atom is 0.257 e. The Kier molecular flexibility index (Phi) is 9.64. The van der Waals surface area contributed by atoms with Gasteiger partial charge < -0.3 is 18.9 Å². The number of benzene rings is 2. The lowest BCUT2D eigenvalue weighted by molar-refractivity contribution is -0.133. The summed E-state index contributed by atoms with van der Waals surface area (Å²) in [6.07, 6.45) is 2.12. The standard InChI is InChI=1S/C34H33F3N4O6/c1-44-32-26(46-14-2-11-41-12-15-45-16-13-41)19-24-31(40-32)33(39-20-38-24)47-25-8-5-22(29(36)30(25)37)18-28(43)34(9-10-34)27(42)17-21-3-6-23(35)7-4-21/h3-8,19-20H,2,9-18H2,1H3. The first kappa shape index (κ1) is 32.3. The second-order valence-electron chi connectivity index (χ2n) is 11.6. The van der Waals surface area contributed by atoms with E-state index in [4.69, 9.17) is 18.9 Å². The third kappa shape index (κ3) is 7.20. The number of halogens is 3. The number of nitrogens with zero attached hydrogens (tertiary/aromatic N) is 4. The van der Waals surface area contributed by atoms with Gasteiger partial charge in [-0.25, -0.2) is 18.7 Å². The van der Waals surface area contributed by atoms with E-state index in [1.165, 1.54) is 49.8 Å². The lowest BCUT2D eigenvalue weighted by atomic mass is 9.87. The zero-order valence-electron chi connectivity index (χ0n) is 25.8. The highest BCUT2D eigenvalue weighted by atomic mass is 19.2. The molecular weight excluding hydrogens is 617 g/mol. The molecule has 0 atom stereocenters. The molecule has 13 heteroatoms. The second-order valence-corrected chi connectivity index (χ2v) is 11.6. The fraction of sp³-hybridized carbons (Fsp3) is 0.382. The summed E-state index contributed by atoms with van der Waals surface area (Å²) in [6.45, 7) is 4.48. The first-order valence-electron chi connectivity index (χ1n) is 15.4. The number of carbonyl (C=O) groups is 2. The van der Waals surface area contributed by atoms with E-state index in [1.807, 2.05) is 0 Å². The third-order valence-electron chi connectivity index (χ3n) is 8.46. The van der Waals surface area contributed by atoms with Gasteiger partial charge in [-0.05, 0) is 48.6 Å². The molecule has 0 N–H and O–H groups in total. The van der Waals surface area contributed by atoms with Crippen LogP contribution in [0.25, 0.3) is 11.0 Å². The summed E-state index contributed by atoms with van der Waals surface area (Å²) < 4.78 is 66.1. The van der Waals surface area contributed by atoms with Crippen molar-refractivity contribution in [1.29, 1.82) is 0 Å². The van der Waals surface area contributed by atoms with Crippen molar-refractivity contribution >= 4 is 22.6 Å². The van der Waals surface area contributed by atoms with Crippen LogP contribution in [0.1, 0.15) is 30.4 Å². The number of ketones is 2. The van der Waals surface area contributed by atoms with Crippen molar-refractivity contribution in [1.82, 2.24) is 19.9 Å². The highest BCUT2D eigenvalue weighted by molar-refractivity contribution is 6.11. The minimum Gasteiger partial charge on any atom is -0.488 e. The number of pyridine rings is 1. The second kappa shape index (κ2) is 14.0. The molecule has 0 radical (unpaired) electrons. The summed E-state index contributed by atoms with van der Waals surface area (Å²) in [5.41, 5.74) is -0.408. The molecule has 0 bridgehead atoms. The molecule has 47 heavy (non-hydrogen) atoms. The van der Waals surface area contributed by atoms with Gasteiger partial charge in [0, 0.05) is 38.5 Å². The summed E-state index contributed by atoms with van der Waals surface area (Å²) in [5.74, 6) is -3.95. The number of rotatable bonds is 14. The first-order valence-corrected chi connectivity index (χ1v) is 15.4. The van der Waals surface area contributed by atoms with Crippen LogP contribution in [-0.4, -0.2) is 78.0 Å². The molecule has 0 spiro atoms. The predicted molar refractivity (Wildman–Crippen MR) is 163 cm³/mol. The molecule has 2 aromatic carbocycles. The normalized spacial score (nSPS) is 15.7. The molecule has 1 aliphatic heterocycles. The van der Waals surface area contributed by atoms with Crippen molar-refractivity contribution in [3.63, 3.8) is 0 Å². The van der Waals surface area contributed by atoms with Crippen LogP contribution in [-0.2, 0) is 27.2 Å². The average Bonchev–Trinajstić information content (AvgIpc) is 3.90. The van der Waals surface area contributed by atoms with Gasteiger partial charge in [0.1, 0.15) is 17.7 Å². The molecule has 2 aromatic heterocycles. The number of methoxy groups -OCH3 is 1. The van der Waals surface area contributed by atoms with E-state index in [2.05, 4.69) is 19.9 Å². The zero-order chi connectivity index (χ0) is 33.0. The molecule has 246 valence electrons. The maximum atomic E-state index is 15.3. The van der Waals surface area contributed by atoms with E-state index in [0.717, 1.165) is 39.3 Å². The van der Waals surface area contributed by atoms with Gasteiger partial charge in [0.05, 0.1) is 32.3 Å². The zero-order valence-corrected chi connectivity index (χ0v) is 25.8. The van der Waals surface area contributed by atoms with Gasteiger partial charge in [-0.15, -0.1) is 0 Å². The van der Waals surface area contributed by atoms with Gasteiger partial charge in [-0.2, -0.15) is 9.37 Å². The Morgan fingerprint density at radius 1 is 0.915 bits per heavy atom. The van der Waals surface area contributed by atoms with Gasteiger partial charge in [0.15, 0.2) is 34.4 Å². The fourth-order valence-corrected chi connectivity index (χ4v) is 5.58. The minimum atomic E-state index is -1.32. The summed E-state index contributed by atoms with van der Waals surface area (Å²) in [6, 6.07) is 9.49. The molecule has 10 nitrogen and oxygen atoms in total. The van der Waals surface area contributed by atoms with Gasteiger partial charge in [0.2, 0.25) is 11.7 Å². The SMILES string of the molecule is COc1nc2c(Oc3ccc(CC(=O)C4(C(=O)Cc5ccc(F)cc5)CC4)c(F)c3F)ncnc2cc1OCCCN1CCOCC1. The van der Waals surface area contributed by atoms with E-state index in [0.29, 0.717) is 36.3 Å². The van der Waals surface area contributed by atoms with Crippen LogP contribution in [0.2, 0.25) is 0 Å². The number of aromatic nitrogens is 3. The van der Waals surface area contributed by atoms with Crippen molar-refractivity contribution in [3.05, 3.63) is 77.4 Å². The topological polar surface area (TPSA) is 113 Å². The lowest BCUT2D eigenvalue weighted by Gasteiger charge is -2.26. The van der Waals surface area contributed by atoms with Crippen molar-refractivity contribution in [2.24, 2.45) is 5.41 Å². The Bertz CT molecular complexity index is 1780. The molecule has 4 aromatic rings. The molecule has 3 heterocycles. The minimum absolute atomic E-state index is 0.0517. The lowest BCUT2D eigenvalue weighted by Crippen LogP contribution is -2.37. The molecule has 0 amide bonds. The summed E-state index contributed by atoms with van der Waals surface area (Å²) in [4.78, 5) is 41.1. The van der Waals surface area contributed by atoms with Crippen LogP contribution in [0.3, 0.4) is 0 Å². The number of carbonyl (C=O) groups excluding carboxylic acids is 2. The molecular formula is C34H33F3N4O6. The largest absolute Gasteiger partial charge is 0.488 e. The number of fused-ring (bicyclic) bond motifs is 1. The summed E-state index contributed by atoms with van der Waals surface area (Å²) in [7, 11) is 1.43. The summed E-state index contributed by atoms with van der Waals surface area (Å²) in [5, 5.41) is 0. The molecule has 6 rings (SSSR count). The van der Waals surface area contributed by atoms with E-state index < -0.39 is 40.8 Å². The fourth-order valence-electron chi connectivity index (χ4n) is 5.58. The first-order chi connectivity index (χ1) is 22.8. The molecule has 2 fully saturated rings. The van der Waals surface area contributed by atoms with Gasteiger partial charge in [0.25, 0.3) is 5.88 Å². The maximum absolute atomic E-state index is 15.3. The van der Waals surface area contributed by atoms with Crippen LogP contribution < -0.4 is 14.2 Å². The highest BCUT2D eigenvalue weighted by Crippen LogP contribution is 2.49. The highest BCUT2D eigenvalue weighted by Gasteiger charge is 2.54. The van der Waals surface area contributed by atoms with E-state index >= 15 is 8.78 Å². The third-order valence-corrected chi connectivity index (χ3v) is 8.46. The number of hydrogen-bond acceptors (Lipinski definition) is 10. The van der Waals surface area contributed by atoms with Gasteiger partial charge in [-0.1, -0.05) is 18.2 Å². The Morgan fingerprint density at radius 2 is 1.66 bits per heavy atom. The summed E-state index contributed by atoms with van der Waals surface area (Å²) >= 11 is 0. The molecule has 2 aliphatic rings. The molecule has 1 saturated carbocycles. The van der Waals surface area contributed by atoms with Crippen molar-refractivity contribution in [2.45, 2.75) is 32.1 Å². The van der Waals surface area contributed by atoms with Crippen LogP contribution >= 0.6 is 0 Å². The number of ether oxygens (including phenoxy) is 4. The average molecular weight is 651 g/mol. The number of hydrogen-bond donors (Lipinski definition) is 0. The Hall–Kier alpha value is -4.62. The quantitative estimate of drug-likeness (QED) is 0.136. The van der Waals surface area contributed by atoms with Crippen LogP contribution in [0.15, 0.2) is 48.8 Å². The van der Waals surface area contributed by atoms with Crippen LogP contribution in [0, 0.1) is 22.9 Å². The van der Waals surface area contributed by atoms with Crippen molar-refractivity contribution in [2.75, 3.05) is 46.6 Å². The number of Topliss-reactive ketones (excluding diaryl/α,β-unsaturated/α-hetero) is 2. The smallest absolute Gasteiger partial charge is 0.257 e. The Morgan fingerprint density at radius 3 is 2.38 bits per heavy atom. The van der Waals surface area contributed by atoms with E-state index in [1.54, 1.807) is 6.07 Å². The monoisotopic (exact) mass is 650 g/mol. The van der Waals surface area contributed by atoms with E-state index in [-0.39, 0.29) is 35.0 Å². The molecule has 1 saturated heterocycles. The van der Waals surface area contributed by atoms with Crippen molar-refractivity contribution in [3.8, 4) is 23.3 Å². The van der Waals surface area contributed by atoms with Crippen LogP contribution in [0.4, 0.5) is 13.2 Å². The van der Waals surface area contributed by atoms with Gasteiger partial charge in [-0.3, -0.25) is 14.5 Å². The van der Waals surface area contributed by atoms with Crippen LogP contribution in [0.5, 0.6) is 23.3 Å². The predicted octanol–water partition coefficient (Wildman–Crippen LogP) is 5.05. The Balaban J connectivity index is 1.13. The van der Waals surface area contributed by atoms with Gasteiger partial charge >= 0.3 is 0 Å². The van der Waals surface area contributed by atoms with E-state index in [9.17, 15) is 14.0 Å². The molecule has 0 unspecified atom stereocenters.